The van der Waals surface area contributed by atoms with Gasteiger partial charge in [0.15, 0.2) is 0 Å². The highest BCUT2D eigenvalue weighted by Crippen LogP contribution is 2.25. The van der Waals surface area contributed by atoms with Gasteiger partial charge in [-0.3, -0.25) is 9.54 Å². The van der Waals surface area contributed by atoms with Gasteiger partial charge in [-0.15, -0.1) is 0 Å². The minimum atomic E-state index is -4.19. The normalized spacial score (nSPS) is 11.9. The molecule has 2 aromatic rings. The summed E-state index contributed by atoms with van der Waals surface area (Å²) in [6.45, 7) is 3.77. The third-order valence-corrected chi connectivity index (χ3v) is 3.89. The minimum Gasteiger partial charge on any atom is -0.273 e. The summed E-state index contributed by atoms with van der Waals surface area (Å²) < 4.78 is 47.6. The maximum absolute atomic E-state index is 11.2. The summed E-state index contributed by atoms with van der Waals surface area (Å²) in [7, 11) is 1.49. The topological polar surface area (TPSA) is 101 Å². The first kappa shape index (κ1) is 18.1. The van der Waals surface area contributed by atoms with Gasteiger partial charge in [-0.05, 0) is 36.9 Å². The average molecular weight is 372 g/mol. The molecular weight excluding hydrogens is 361 g/mol. The summed E-state index contributed by atoms with van der Waals surface area (Å²) in [6.07, 6.45) is 1.77. The van der Waals surface area contributed by atoms with E-state index in [1.54, 1.807) is 18.3 Å². The summed E-state index contributed by atoms with van der Waals surface area (Å²) in [5.74, 6) is 0. The smallest absolute Gasteiger partial charge is 0.273 e. The highest BCUT2D eigenvalue weighted by molar-refractivity contribution is 8.13. The Kier molecular flexibility index (Phi) is 5.57. The zero-order valence-electron chi connectivity index (χ0n) is 10.9. The van der Waals surface area contributed by atoms with E-state index in [-0.39, 0.29) is 4.90 Å². The van der Waals surface area contributed by atoms with Crippen molar-refractivity contribution in [3.63, 3.8) is 0 Å². The van der Waals surface area contributed by atoms with E-state index in [1.165, 1.54) is 6.07 Å². The first-order valence-electron chi connectivity index (χ1n) is 5.37. The van der Waals surface area contributed by atoms with E-state index in [0.29, 0.717) is 0 Å². The molecule has 0 radical (unpaired) electrons. The van der Waals surface area contributed by atoms with Crippen molar-refractivity contribution in [1.82, 2.24) is 4.98 Å². The van der Waals surface area contributed by atoms with Gasteiger partial charge in [0.05, 0.1) is 4.90 Å². The third-order valence-electron chi connectivity index (χ3n) is 2.54. The van der Waals surface area contributed by atoms with E-state index in [4.69, 9.17) is 23.7 Å². The molecule has 0 fully saturated rings. The Morgan fingerprint density at radius 1 is 1.05 bits per heavy atom. The Hall–Kier alpha value is -0.930. The van der Waals surface area contributed by atoms with Crippen LogP contribution in [0.5, 0.6) is 0 Å². The lowest BCUT2D eigenvalue weighted by Gasteiger charge is -2.05. The van der Waals surface area contributed by atoms with E-state index in [0.717, 1.165) is 22.0 Å². The van der Waals surface area contributed by atoms with Crippen molar-refractivity contribution >= 4 is 50.5 Å². The molecule has 21 heavy (non-hydrogen) atoms. The molecule has 0 bridgehead atoms. The molecule has 2 rings (SSSR count). The second-order valence-corrected chi connectivity index (χ2v) is 8.64. The number of aromatic nitrogens is 1. The highest BCUT2D eigenvalue weighted by Gasteiger charge is 2.11. The van der Waals surface area contributed by atoms with Gasteiger partial charge in [-0.2, -0.15) is 8.42 Å². The number of halogens is 2. The van der Waals surface area contributed by atoms with Crippen molar-refractivity contribution in [3.05, 3.63) is 35.7 Å². The molecule has 0 aliphatic heterocycles. The van der Waals surface area contributed by atoms with Crippen LogP contribution in [0, 0.1) is 13.8 Å². The fraction of sp³-hybridized carbons (Fsp3) is 0.182. The Bertz CT molecular complexity index is 871. The molecule has 0 spiro atoms. The van der Waals surface area contributed by atoms with E-state index in [2.05, 4.69) is 15.7 Å². The Morgan fingerprint density at radius 3 is 2.05 bits per heavy atom. The molecule has 0 aliphatic rings. The molecule has 0 atom stereocenters. The van der Waals surface area contributed by atoms with Crippen LogP contribution in [0.4, 0.5) is 0 Å². The van der Waals surface area contributed by atoms with Crippen LogP contribution in [-0.2, 0) is 18.4 Å². The number of hydrogen-bond donors (Lipinski definition) is 1. The number of aryl methyl sites for hydroxylation is 2. The minimum absolute atomic E-state index is 0.108. The quantitative estimate of drug-likeness (QED) is 0.610. The number of benzene rings is 1. The van der Waals surface area contributed by atoms with E-state index in [9.17, 15) is 8.42 Å². The van der Waals surface area contributed by atoms with Crippen LogP contribution >= 0.6 is 21.4 Å². The van der Waals surface area contributed by atoms with Gasteiger partial charge in [-0.1, -0.05) is 6.07 Å². The molecular formula is C11H11Cl2NO5S2. The fourth-order valence-corrected chi connectivity index (χ4v) is 2.43. The standard InChI is InChI=1S/C11H10ClNO2S.ClHO3S/c1-7-6-13-8(2)11-5-9(16(12,14)15)3-4-10(7)11;1-5(2,3)4/h3-6H,1-2H3;(H,2,3,4). The van der Waals surface area contributed by atoms with Crippen LogP contribution in [0.25, 0.3) is 10.8 Å². The van der Waals surface area contributed by atoms with Crippen molar-refractivity contribution in [3.8, 4) is 0 Å². The van der Waals surface area contributed by atoms with Crippen LogP contribution in [0.15, 0.2) is 29.3 Å². The van der Waals surface area contributed by atoms with Crippen molar-refractivity contribution in [2.45, 2.75) is 18.7 Å². The molecule has 0 saturated carbocycles. The fourth-order valence-electron chi connectivity index (χ4n) is 1.65. The summed E-state index contributed by atoms with van der Waals surface area (Å²) in [6, 6.07) is 4.83. The third kappa shape index (κ3) is 5.76. The van der Waals surface area contributed by atoms with Crippen molar-refractivity contribution < 1.29 is 21.4 Å². The molecule has 0 aliphatic carbocycles. The summed E-state index contributed by atoms with van der Waals surface area (Å²) >= 11 is 0. The van der Waals surface area contributed by atoms with Crippen molar-refractivity contribution in [2.75, 3.05) is 0 Å². The van der Waals surface area contributed by atoms with Crippen LogP contribution in [0.2, 0.25) is 0 Å². The number of rotatable bonds is 1. The molecule has 1 aromatic carbocycles. The zero-order chi connectivity index (χ0) is 16.4. The Balaban J connectivity index is 0.000000383. The van der Waals surface area contributed by atoms with Gasteiger partial charge in [0.2, 0.25) is 0 Å². The number of nitrogens with zero attached hydrogens (tertiary/aromatic N) is 1. The molecule has 1 N–H and O–H groups in total. The number of hydrogen-bond acceptors (Lipinski definition) is 5. The molecule has 6 nitrogen and oxygen atoms in total. The maximum Gasteiger partial charge on any atom is 0.353 e. The number of pyridine rings is 1. The number of fused-ring (bicyclic) bond motifs is 1. The summed E-state index contributed by atoms with van der Waals surface area (Å²) in [5, 5.41) is 1.82. The molecule has 1 heterocycles. The molecule has 10 heteroatoms. The SMILES string of the molecule is Cc1cnc(C)c2cc(S(=O)(=O)Cl)ccc12.O=S(=O)(O)Cl. The summed E-state index contributed by atoms with van der Waals surface area (Å²) in [5.41, 5.74) is 1.81. The van der Waals surface area contributed by atoms with Gasteiger partial charge in [0.1, 0.15) is 0 Å². The molecule has 0 amide bonds. The van der Waals surface area contributed by atoms with Gasteiger partial charge in [-0.25, -0.2) is 8.42 Å². The van der Waals surface area contributed by atoms with Crippen LogP contribution in [0.3, 0.4) is 0 Å². The largest absolute Gasteiger partial charge is 0.353 e. The van der Waals surface area contributed by atoms with Crippen LogP contribution in [0.1, 0.15) is 11.3 Å². The molecule has 116 valence electrons. The maximum atomic E-state index is 11.2. The Labute approximate surface area is 131 Å². The molecule has 0 unspecified atom stereocenters. The molecule has 1 aromatic heterocycles. The lowest BCUT2D eigenvalue weighted by molar-refractivity contribution is 0.501. The van der Waals surface area contributed by atoms with Gasteiger partial charge in [0.25, 0.3) is 9.05 Å². The highest BCUT2D eigenvalue weighted by atomic mass is 35.7. The predicted octanol–water partition coefficient (Wildman–Crippen LogP) is 2.81. The van der Waals surface area contributed by atoms with Crippen LogP contribution in [-0.4, -0.2) is 26.4 Å². The zero-order valence-corrected chi connectivity index (χ0v) is 14.1. The van der Waals surface area contributed by atoms with Gasteiger partial charge in [0, 0.05) is 38.6 Å². The van der Waals surface area contributed by atoms with Crippen LogP contribution < -0.4 is 0 Å². The van der Waals surface area contributed by atoms with E-state index in [1.807, 2.05) is 13.8 Å². The molecule has 0 saturated heterocycles. The second kappa shape index (κ2) is 6.45. The predicted molar refractivity (Wildman–Crippen MR) is 81.7 cm³/mol. The average Bonchev–Trinajstić information content (AvgIpc) is 2.30. The Morgan fingerprint density at radius 2 is 1.57 bits per heavy atom. The first-order chi connectivity index (χ1) is 9.39. The summed E-state index contributed by atoms with van der Waals surface area (Å²) in [4.78, 5) is 4.30. The van der Waals surface area contributed by atoms with Crippen molar-refractivity contribution in [1.29, 1.82) is 0 Å². The second-order valence-electron chi connectivity index (χ2n) is 4.08. The van der Waals surface area contributed by atoms with E-state index < -0.39 is 18.4 Å². The van der Waals surface area contributed by atoms with Gasteiger partial charge < -0.3 is 0 Å². The lowest BCUT2D eigenvalue weighted by atomic mass is 10.1. The lowest BCUT2D eigenvalue weighted by Crippen LogP contribution is -1.93. The monoisotopic (exact) mass is 371 g/mol. The van der Waals surface area contributed by atoms with Crippen molar-refractivity contribution in [2.24, 2.45) is 0 Å². The first-order valence-corrected chi connectivity index (χ1v) is 9.95. The van der Waals surface area contributed by atoms with Gasteiger partial charge >= 0.3 is 9.33 Å². The van der Waals surface area contributed by atoms with E-state index >= 15 is 0 Å².